The van der Waals surface area contributed by atoms with Crippen molar-refractivity contribution in [3.63, 3.8) is 0 Å². The molecule has 0 radical (unpaired) electrons. The Morgan fingerprint density at radius 2 is 1.80 bits per heavy atom. The van der Waals surface area contributed by atoms with E-state index in [2.05, 4.69) is 39.7 Å². The van der Waals surface area contributed by atoms with Crippen LogP contribution < -0.4 is 0 Å². The van der Waals surface area contributed by atoms with Crippen LogP contribution in [0.1, 0.15) is 23.6 Å². The van der Waals surface area contributed by atoms with Gasteiger partial charge in [-0.1, -0.05) is 41.6 Å². The summed E-state index contributed by atoms with van der Waals surface area (Å²) in [6.07, 6.45) is 0. The van der Waals surface area contributed by atoms with Crippen molar-refractivity contribution in [1.82, 2.24) is 19.7 Å². The summed E-state index contributed by atoms with van der Waals surface area (Å²) in [6.45, 7) is 4.11. The normalized spacial score (nSPS) is 12.6. The average molecular weight is 350 g/mol. The highest BCUT2D eigenvalue weighted by atomic mass is 32.2. The van der Waals surface area contributed by atoms with E-state index in [1.54, 1.807) is 11.8 Å². The van der Waals surface area contributed by atoms with Gasteiger partial charge in [-0.3, -0.25) is 0 Å². The molecule has 2 aromatic carbocycles. The lowest BCUT2D eigenvalue weighted by atomic mass is 10.1. The van der Waals surface area contributed by atoms with Crippen molar-refractivity contribution in [1.29, 1.82) is 0 Å². The fraction of sp³-hybridized carbons (Fsp3) is 0.211. The second-order valence-corrected chi connectivity index (χ2v) is 7.32. The van der Waals surface area contributed by atoms with Crippen molar-refractivity contribution >= 4 is 22.8 Å². The van der Waals surface area contributed by atoms with E-state index < -0.39 is 0 Å². The third-order valence-electron chi connectivity index (χ3n) is 4.12. The van der Waals surface area contributed by atoms with Crippen LogP contribution in [0.15, 0.2) is 58.1 Å². The second-order valence-electron chi connectivity index (χ2n) is 6.01. The van der Waals surface area contributed by atoms with E-state index in [4.69, 9.17) is 4.42 Å². The van der Waals surface area contributed by atoms with Crippen LogP contribution in [0.2, 0.25) is 0 Å². The van der Waals surface area contributed by atoms with Crippen LogP contribution in [0.4, 0.5) is 0 Å². The highest BCUT2D eigenvalue weighted by Gasteiger charge is 2.19. The van der Waals surface area contributed by atoms with E-state index in [0.717, 1.165) is 21.8 Å². The number of fused-ring (bicyclic) bond motifs is 1. The smallest absolute Gasteiger partial charge is 0.247 e. The molecule has 2 heterocycles. The standard InChI is InChI=1S/C19H18N4OS/c1-12-8-10-14(11-9-12)18-22-21-17(24-18)13(2)25-19-20-15-6-4-5-7-16(15)23(19)3/h4-11,13H,1-3H3/t13-/m1/s1. The molecule has 0 aliphatic heterocycles. The molecule has 4 aromatic rings. The first-order valence-electron chi connectivity index (χ1n) is 8.10. The Morgan fingerprint density at radius 3 is 2.56 bits per heavy atom. The van der Waals surface area contributed by atoms with Crippen LogP contribution in [0, 0.1) is 6.92 Å². The molecule has 4 rings (SSSR count). The molecule has 0 saturated heterocycles. The molecule has 1 atom stereocenters. The summed E-state index contributed by atoms with van der Waals surface area (Å²) in [5.74, 6) is 1.15. The zero-order chi connectivity index (χ0) is 17.4. The first kappa shape index (κ1) is 15.9. The largest absolute Gasteiger partial charge is 0.419 e. The maximum absolute atomic E-state index is 5.88. The van der Waals surface area contributed by atoms with Crippen LogP contribution in [-0.2, 0) is 7.05 Å². The van der Waals surface area contributed by atoms with Crippen LogP contribution in [0.5, 0.6) is 0 Å². The zero-order valence-electron chi connectivity index (χ0n) is 14.3. The highest BCUT2D eigenvalue weighted by molar-refractivity contribution is 7.99. The van der Waals surface area contributed by atoms with Gasteiger partial charge >= 0.3 is 0 Å². The minimum Gasteiger partial charge on any atom is -0.419 e. The van der Waals surface area contributed by atoms with Gasteiger partial charge in [-0.15, -0.1) is 10.2 Å². The van der Waals surface area contributed by atoms with Gasteiger partial charge in [0.2, 0.25) is 11.8 Å². The van der Waals surface area contributed by atoms with Gasteiger partial charge in [0.15, 0.2) is 5.16 Å². The number of imidazole rings is 1. The van der Waals surface area contributed by atoms with Crippen LogP contribution in [0.3, 0.4) is 0 Å². The van der Waals surface area contributed by atoms with Crippen molar-refractivity contribution in [2.75, 3.05) is 0 Å². The van der Waals surface area contributed by atoms with Crippen molar-refractivity contribution in [3.8, 4) is 11.5 Å². The van der Waals surface area contributed by atoms with Crippen molar-refractivity contribution in [3.05, 3.63) is 60.0 Å². The molecule has 6 heteroatoms. The van der Waals surface area contributed by atoms with Gasteiger partial charge in [-0.25, -0.2) is 4.98 Å². The van der Waals surface area contributed by atoms with Crippen molar-refractivity contribution in [2.24, 2.45) is 7.05 Å². The molecule has 0 amide bonds. The first-order valence-corrected chi connectivity index (χ1v) is 8.98. The summed E-state index contributed by atoms with van der Waals surface area (Å²) < 4.78 is 7.97. The molecule has 5 nitrogen and oxygen atoms in total. The monoisotopic (exact) mass is 350 g/mol. The maximum Gasteiger partial charge on any atom is 0.247 e. The number of para-hydroxylation sites is 2. The van der Waals surface area contributed by atoms with Crippen LogP contribution in [0.25, 0.3) is 22.5 Å². The molecule has 2 aromatic heterocycles. The molecule has 0 unspecified atom stereocenters. The lowest BCUT2D eigenvalue weighted by molar-refractivity contribution is 0.509. The fourth-order valence-corrected chi connectivity index (χ4v) is 3.57. The summed E-state index contributed by atoms with van der Waals surface area (Å²) in [4.78, 5) is 4.69. The van der Waals surface area contributed by atoms with E-state index in [1.165, 1.54) is 5.56 Å². The highest BCUT2D eigenvalue weighted by Crippen LogP contribution is 2.35. The number of benzene rings is 2. The number of hydrogen-bond acceptors (Lipinski definition) is 5. The molecule has 0 saturated carbocycles. The summed E-state index contributed by atoms with van der Waals surface area (Å²) in [7, 11) is 2.02. The second kappa shape index (κ2) is 6.37. The molecule has 126 valence electrons. The van der Waals surface area contributed by atoms with Crippen molar-refractivity contribution < 1.29 is 4.42 Å². The minimum absolute atomic E-state index is 0.0159. The Hall–Kier alpha value is -2.60. The van der Waals surface area contributed by atoms with Gasteiger partial charge in [0.05, 0.1) is 16.3 Å². The zero-order valence-corrected chi connectivity index (χ0v) is 15.1. The minimum atomic E-state index is 0.0159. The maximum atomic E-state index is 5.88. The van der Waals surface area contributed by atoms with Gasteiger partial charge in [0.1, 0.15) is 0 Å². The Morgan fingerprint density at radius 1 is 1.04 bits per heavy atom. The number of rotatable bonds is 4. The predicted octanol–water partition coefficient (Wildman–Crippen LogP) is 4.79. The number of thioether (sulfide) groups is 1. The van der Waals surface area contributed by atoms with Gasteiger partial charge in [0, 0.05) is 12.6 Å². The Bertz CT molecular complexity index is 1020. The number of aryl methyl sites for hydroxylation is 2. The molecule has 0 bridgehead atoms. The Kier molecular flexibility index (Phi) is 4.05. The lowest BCUT2D eigenvalue weighted by Gasteiger charge is -2.06. The summed E-state index contributed by atoms with van der Waals surface area (Å²) in [5.41, 5.74) is 4.24. The molecule has 0 aliphatic rings. The molecule has 0 aliphatic carbocycles. The van der Waals surface area contributed by atoms with E-state index in [1.807, 2.05) is 49.5 Å². The lowest BCUT2D eigenvalue weighted by Crippen LogP contribution is -1.94. The average Bonchev–Trinajstić information content (AvgIpc) is 3.22. The number of hydrogen-bond donors (Lipinski definition) is 0. The van der Waals surface area contributed by atoms with Gasteiger partial charge in [-0.2, -0.15) is 0 Å². The summed E-state index contributed by atoms with van der Waals surface area (Å²) in [5, 5.41) is 9.36. The molecule has 25 heavy (non-hydrogen) atoms. The van der Waals surface area contributed by atoms with E-state index >= 15 is 0 Å². The van der Waals surface area contributed by atoms with Crippen LogP contribution in [-0.4, -0.2) is 19.7 Å². The molecular formula is C19H18N4OS. The number of aromatic nitrogens is 4. The topological polar surface area (TPSA) is 56.7 Å². The van der Waals surface area contributed by atoms with Crippen molar-refractivity contribution in [2.45, 2.75) is 24.3 Å². The van der Waals surface area contributed by atoms with Gasteiger partial charge in [-0.05, 0) is 38.1 Å². The third-order valence-corrected chi connectivity index (χ3v) is 5.25. The molecule has 0 N–H and O–H groups in total. The van der Waals surface area contributed by atoms with Crippen LogP contribution >= 0.6 is 11.8 Å². The SMILES string of the molecule is Cc1ccc(-c2nnc([C@@H](C)Sc3nc4ccccc4n3C)o2)cc1. The van der Waals surface area contributed by atoms with Gasteiger partial charge < -0.3 is 8.98 Å². The predicted molar refractivity (Wildman–Crippen MR) is 99.5 cm³/mol. The summed E-state index contributed by atoms with van der Waals surface area (Å²) >= 11 is 1.62. The van der Waals surface area contributed by atoms with Gasteiger partial charge in [0.25, 0.3) is 0 Å². The molecule has 0 fully saturated rings. The number of nitrogens with zero attached hydrogens (tertiary/aromatic N) is 4. The Labute approximate surface area is 150 Å². The van der Waals surface area contributed by atoms with E-state index in [9.17, 15) is 0 Å². The van der Waals surface area contributed by atoms with E-state index in [-0.39, 0.29) is 5.25 Å². The third kappa shape index (κ3) is 3.05. The quantitative estimate of drug-likeness (QED) is 0.496. The first-order chi connectivity index (χ1) is 12.1. The molecular weight excluding hydrogens is 332 g/mol. The summed E-state index contributed by atoms with van der Waals surface area (Å²) in [6, 6.07) is 16.2. The fourth-order valence-electron chi connectivity index (χ4n) is 2.65. The molecule has 0 spiro atoms. The van der Waals surface area contributed by atoms with E-state index in [0.29, 0.717) is 11.8 Å². The Balaban J connectivity index is 1.57.